The zero-order valence-corrected chi connectivity index (χ0v) is 17.5. The summed E-state index contributed by atoms with van der Waals surface area (Å²) in [5, 5.41) is 10.3. The van der Waals surface area contributed by atoms with Gasteiger partial charge in [0, 0.05) is 5.41 Å². The highest BCUT2D eigenvalue weighted by molar-refractivity contribution is 5.20. The quantitative estimate of drug-likeness (QED) is 0.679. The number of fused-ring (bicyclic) bond motifs is 7. The molecular weight excluding hydrogens is 356 g/mol. The lowest BCUT2D eigenvalue weighted by Gasteiger charge is -2.62. The van der Waals surface area contributed by atoms with Crippen molar-refractivity contribution in [3.05, 3.63) is 0 Å². The van der Waals surface area contributed by atoms with Crippen LogP contribution in [0.2, 0.25) is 0 Å². The van der Waals surface area contributed by atoms with E-state index in [9.17, 15) is 5.11 Å². The van der Waals surface area contributed by atoms with Crippen LogP contribution in [0.25, 0.3) is 0 Å². The van der Waals surface area contributed by atoms with Gasteiger partial charge in [0.15, 0.2) is 13.6 Å². The lowest BCUT2D eigenvalue weighted by atomic mass is 9.44. The summed E-state index contributed by atoms with van der Waals surface area (Å²) in [6.07, 6.45) is 10.5. The van der Waals surface area contributed by atoms with Crippen molar-refractivity contribution >= 4 is 0 Å². The number of aliphatic hydroxyl groups is 1. The van der Waals surface area contributed by atoms with Gasteiger partial charge < -0.3 is 24.1 Å². The largest absolute Gasteiger partial charge is 0.393 e. The molecule has 158 valence electrons. The number of ether oxygens (including phenoxy) is 4. The first-order valence-corrected chi connectivity index (χ1v) is 11.6. The van der Waals surface area contributed by atoms with Crippen LogP contribution >= 0.6 is 0 Å². The fraction of sp³-hybridized carbons (Fsp3) is 1.00. The Balaban J connectivity index is 1.34. The van der Waals surface area contributed by atoms with Gasteiger partial charge >= 0.3 is 0 Å². The van der Waals surface area contributed by atoms with Gasteiger partial charge in [-0.05, 0) is 86.9 Å². The van der Waals surface area contributed by atoms with Gasteiger partial charge in [0.05, 0.1) is 6.10 Å². The molecule has 2 heterocycles. The van der Waals surface area contributed by atoms with Crippen LogP contribution < -0.4 is 0 Å². The van der Waals surface area contributed by atoms with Gasteiger partial charge in [0.2, 0.25) is 5.79 Å². The summed E-state index contributed by atoms with van der Waals surface area (Å²) in [5.74, 6) is 2.27. The van der Waals surface area contributed by atoms with E-state index in [2.05, 4.69) is 13.8 Å². The summed E-state index contributed by atoms with van der Waals surface area (Å²) < 4.78 is 24.3. The Morgan fingerprint density at radius 2 is 1.64 bits per heavy atom. The molecule has 2 spiro atoms. The molecule has 6 aliphatic rings. The van der Waals surface area contributed by atoms with Crippen LogP contribution in [0.1, 0.15) is 71.6 Å². The second kappa shape index (κ2) is 5.94. The molecule has 0 radical (unpaired) electrons. The van der Waals surface area contributed by atoms with Crippen LogP contribution in [0, 0.1) is 34.5 Å². The van der Waals surface area contributed by atoms with Crippen LogP contribution in [0.5, 0.6) is 0 Å². The third kappa shape index (κ3) is 2.06. The predicted molar refractivity (Wildman–Crippen MR) is 102 cm³/mol. The summed E-state index contributed by atoms with van der Waals surface area (Å²) in [4.78, 5) is 0. The van der Waals surface area contributed by atoms with Crippen molar-refractivity contribution in [3.8, 4) is 0 Å². The molecule has 4 aliphatic carbocycles. The Bertz CT molecular complexity index is 641. The van der Waals surface area contributed by atoms with Crippen LogP contribution in [-0.4, -0.2) is 42.8 Å². The van der Waals surface area contributed by atoms with E-state index in [1.165, 1.54) is 38.5 Å². The number of rotatable bonds is 0. The molecule has 2 unspecified atom stereocenters. The summed E-state index contributed by atoms with van der Waals surface area (Å²) in [6, 6.07) is 0. The van der Waals surface area contributed by atoms with E-state index in [0.29, 0.717) is 37.4 Å². The van der Waals surface area contributed by atoms with Crippen LogP contribution in [0.15, 0.2) is 0 Å². The smallest absolute Gasteiger partial charge is 0.226 e. The van der Waals surface area contributed by atoms with Gasteiger partial charge in [0.25, 0.3) is 0 Å². The number of hydrogen-bond donors (Lipinski definition) is 1. The van der Waals surface area contributed by atoms with E-state index < -0.39 is 5.79 Å². The molecule has 0 bridgehead atoms. The molecule has 1 N–H and O–H groups in total. The van der Waals surface area contributed by atoms with E-state index in [1.807, 2.05) is 0 Å². The molecule has 2 aliphatic heterocycles. The first kappa shape index (κ1) is 18.6. The van der Waals surface area contributed by atoms with Gasteiger partial charge in [0.1, 0.15) is 12.2 Å². The maximum absolute atomic E-state index is 10.3. The fourth-order valence-corrected chi connectivity index (χ4v) is 9.22. The molecule has 0 aromatic carbocycles. The Labute approximate surface area is 168 Å². The van der Waals surface area contributed by atoms with Crippen LogP contribution in [0.3, 0.4) is 0 Å². The third-order valence-electron chi connectivity index (χ3n) is 10.6. The SMILES string of the molecule is C[C@]12CCC3[C@@H](CC[C@@H]4C[C@@H](O)CC[C@]34C)[C@@H]1CC[C@@]21OCOC12COCO2. The summed E-state index contributed by atoms with van der Waals surface area (Å²) in [5.41, 5.74) is 0.152. The molecule has 5 nitrogen and oxygen atoms in total. The highest BCUT2D eigenvalue weighted by Gasteiger charge is 2.75. The van der Waals surface area contributed by atoms with Gasteiger partial charge in [-0.1, -0.05) is 13.8 Å². The Morgan fingerprint density at radius 1 is 0.821 bits per heavy atom. The van der Waals surface area contributed by atoms with Gasteiger partial charge in [-0.15, -0.1) is 0 Å². The van der Waals surface area contributed by atoms with Crippen molar-refractivity contribution in [2.24, 2.45) is 34.5 Å². The number of hydrogen-bond acceptors (Lipinski definition) is 5. The minimum Gasteiger partial charge on any atom is -0.393 e. The lowest BCUT2D eigenvalue weighted by Crippen LogP contribution is -2.64. The van der Waals surface area contributed by atoms with Crippen molar-refractivity contribution in [2.45, 2.75) is 89.1 Å². The third-order valence-corrected chi connectivity index (χ3v) is 10.6. The Morgan fingerprint density at radius 3 is 2.46 bits per heavy atom. The second-order valence-corrected chi connectivity index (χ2v) is 11.2. The van der Waals surface area contributed by atoms with Gasteiger partial charge in [-0.25, -0.2) is 0 Å². The molecule has 0 amide bonds. The normalized spacial score (nSPS) is 60.8. The Hall–Kier alpha value is -0.200. The van der Waals surface area contributed by atoms with E-state index >= 15 is 0 Å². The zero-order valence-electron chi connectivity index (χ0n) is 17.5. The molecule has 9 atom stereocenters. The van der Waals surface area contributed by atoms with Crippen molar-refractivity contribution in [1.29, 1.82) is 0 Å². The molecule has 6 fully saturated rings. The maximum atomic E-state index is 10.3. The first-order chi connectivity index (χ1) is 13.4. The van der Waals surface area contributed by atoms with Gasteiger partial charge in [-0.2, -0.15) is 0 Å². The second-order valence-electron chi connectivity index (χ2n) is 11.2. The highest BCUT2D eigenvalue weighted by atomic mass is 16.9. The highest BCUT2D eigenvalue weighted by Crippen LogP contribution is 2.71. The summed E-state index contributed by atoms with van der Waals surface area (Å²) >= 11 is 0. The molecule has 6 rings (SSSR count). The van der Waals surface area contributed by atoms with Crippen molar-refractivity contribution in [3.63, 3.8) is 0 Å². The molecule has 2 saturated heterocycles. The average molecular weight is 393 g/mol. The number of aliphatic hydroxyl groups excluding tert-OH is 1. The average Bonchev–Trinajstić information content (AvgIpc) is 3.37. The van der Waals surface area contributed by atoms with E-state index in [-0.39, 0.29) is 17.1 Å². The maximum Gasteiger partial charge on any atom is 0.226 e. The molecule has 4 saturated carbocycles. The molecular formula is C23H36O5. The standard InChI is InChI=1S/C23H36O5/c1-20-8-5-16(24)11-15(20)3-4-17-18(20)6-9-21(2)19(17)7-10-22(21)23(28-14-26-22)12-25-13-27-23/h15-19,24H,3-14H2,1-2H3/t15-,16+,17-,18?,19+,20+,21+,22-,23?/m1/s1. The molecule has 28 heavy (non-hydrogen) atoms. The zero-order chi connectivity index (χ0) is 19.2. The Kier molecular flexibility index (Phi) is 3.94. The topological polar surface area (TPSA) is 57.2 Å². The van der Waals surface area contributed by atoms with Crippen LogP contribution in [-0.2, 0) is 18.9 Å². The van der Waals surface area contributed by atoms with Gasteiger partial charge in [-0.3, -0.25) is 0 Å². The van der Waals surface area contributed by atoms with Crippen molar-refractivity contribution in [1.82, 2.24) is 0 Å². The lowest BCUT2D eigenvalue weighted by molar-refractivity contribution is -0.251. The van der Waals surface area contributed by atoms with Crippen molar-refractivity contribution in [2.75, 3.05) is 20.2 Å². The first-order valence-electron chi connectivity index (χ1n) is 11.6. The fourth-order valence-electron chi connectivity index (χ4n) is 9.22. The van der Waals surface area contributed by atoms with E-state index in [4.69, 9.17) is 18.9 Å². The van der Waals surface area contributed by atoms with Crippen LogP contribution in [0.4, 0.5) is 0 Å². The molecule has 0 aromatic heterocycles. The monoisotopic (exact) mass is 392 g/mol. The molecule has 0 aromatic rings. The van der Waals surface area contributed by atoms with E-state index in [1.54, 1.807) is 0 Å². The minimum absolute atomic E-state index is 0.0679. The predicted octanol–water partition coefficient (Wildman–Crippen LogP) is 3.83. The summed E-state index contributed by atoms with van der Waals surface area (Å²) in [7, 11) is 0. The van der Waals surface area contributed by atoms with E-state index in [0.717, 1.165) is 31.1 Å². The van der Waals surface area contributed by atoms with Crippen molar-refractivity contribution < 1.29 is 24.1 Å². The molecule has 5 heteroatoms. The summed E-state index contributed by atoms with van der Waals surface area (Å²) in [6.45, 7) is 6.18. The minimum atomic E-state index is -0.695.